The summed E-state index contributed by atoms with van der Waals surface area (Å²) < 4.78 is 4.62. The lowest BCUT2D eigenvalue weighted by atomic mass is 10.1. The van der Waals surface area contributed by atoms with E-state index in [1.165, 1.54) is 7.11 Å². The summed E-state index contributed by atoms with van der Waals surface area (Å²) in [5.41, 5.74) is 7.29. The Bertz CT molecular complexity index is 446. The second-order valence-electron chi connectivity index (χ2n) is 3.11. The fraction of sp³-hybridized carbons (Fsp3) is 0.250. The highest BCUT2D eigenvalue weighted by molar-refractivity contribution is 7.80. The molecular formula is C12H13NO2S. The number of anilines is 1. The quantitative estimate of drug-likeness (QED) is 0.355. The number of hydrogen-bond donors (Lipinski definition) is 2. The monoisotopic (exact) mass is 235 g/mol. The first-order valence-corrected chi connectivity index (χ1v) is 5.39. The van der Waals surface area contributed by atoms with Gasteiger partial charge in [-0.3, -0.25) is 0 Å². The molecular weight excluding hydrogens is 222 g/mol. The lowest BCUT2D eigenvalue weighted by Crippen LogP contribution is -2.02. The lowest BCUT2D eigenvalue weighted by Gasteiger charge is -2.01. The second kappa shape index (κ2) is 6.09. The minimum Gasteiger partial charge on any atom is -0.465 e. The number of ether oxygens (including phenoxy) is 1. The third-order valence-electron chi connectivity index (χ3n) is 1.85. The number of benzene rings is 1. The number of carbonyl (C=O) groups is 1. The van der Waals surface area contributed by atoms with Crippen molar-refractivity contribution in [2.75, 3.05) is 18.6 Å². The SMILES string of the molecule is COC(=O)c1cc(N)cc(C#CCCS)c1. The van der Waals surface area contributed by atoms with Crippen LogP contribution in [-0.2, 0) is 4.74 Å². The molecule has 0 bridgehead atoms. The number of rotatable bonds is 2. The van der Waals surface area contributed by atoms with Gasteiger partial charge in [0.25, 0.3) is 0 Å². The fourth-order valence-corrected chi connectivity index (χ4v) is 1.29. The predicted octanol–water partition coefficient (Wildman–Crippen LogP) is 1.73. The van der Waals surface area contributed by atoms with Crippen molar-refractivity contribution in [3.05, 3.63) is 29.3 Å². The molecule has 1 aromatic carbocycles. The van der Waals surface area contributed by atoms with Gasteiger partial charge in [-0.2, -0.15) is 12.6 Å². The molecule has 0 radical (unpaired) electrons. The van der Waals surface area contributed by atoms with Gasteiger partial charge in [0.1, 0.15) is 0 Å². The van der Waals surface area contributed by atoms with Crippen LogP contribution in [0.5, 0.6) is 0 Å². The summed E-state index contributed by atoms with van der Waals surface area (Å²) in [6, 6.07) is 4.95. The van der Waals surface area contributed by atoms with E-state index in [-0.39, 0.29) is 0 Å². The summed E-state index contributed by atoms with van der Waals surface area (Å²) in [6.45, 7) is 0. The number of carbonyl (C=O) groups excluding carboxylic acids is 1. The second-order valence-corrected chi connectivity index (χ2v) is 3.56. The maximum absolute atomic E-state index is 11.3. The molecule has 0 aromatic heterocycles. The minimum atomic E-state index is -0.412. The zero-order valence-electron chi connectivity index (χ0n) is 8.99. The molecule has 84 valence electrons. The summed E-state index contributed by atoms with van der Waals surface area (Å²) in [5, 5.41) is 0. The smallest absolute Gasteiger partial charge is 0.337 e. The Labute approximate surface area is 100 Å². The van der Waals surface area contributed by atoms with Gasteiger partial charge in [0.15, 0.2) is 0 Å². The van der Waals surface area contributed by atoms with Crippen LogP contribution >= 0.6 is 12.6 Å². The zero-order valence-corrected chi connectivity index (χ0v) is 9.88. The Hall–Kier alpha value is -1.60. The van der Waals surface area contributed by atoms with E-state index >= 15 is 0 Å². The largest absolute Gasteiger partial charge is 0.465 e. The van der Waals surface area contributed by atoms with Crippen LogP contribution in [0.15, 0.2) is 18.2 Å². The van der Waals surface area contributed by atoms with E-state index in [2.05, 4.69) is 29.2 Å². The standard InChI is InChI=1S/C12H13NO2S/c1-15-12(14)10-6-9(4-2-3-5-16)7-11(13)8-10/h6-8,16H,3,5,13H2,1H3. The number of hydrogen-bond acceptors (Lipinski definition) is 4. The Kier molecular flexibility index (Phi) is 4.74. The van der Waals surface area contributed by atoms with Crippen molar-refractivity contribution in [1.29, 1.82) is 0 Å². The molecule has 0 saturated heterocycles. The summed E-state index contributed by atoms with van der Waals surface area (Å²) in [7, 11) is 1.33. The summed E-state index contributed by atoms with van der Waals surface area (Å²) in [4.78, 5) is 11.3. The van der Waals surface area contributed by atoms with Crippen LogP contribution in [0.3, 0.4) is 0 Å². The molecule has 0 aliphatic carbocycles. The van der Waals surface area contributed by atoms with E-state index in [0.29, 0.717) is 29.0 Å². The minimum absolute atomic E-state index is 0.412. The first-order valence-electron chi connectivity index (χ1n) is 4.76. The average Bonchev–Trinajstić information content (AvgIpc) is 2.27. The molecule has 3 nitrogen and oxygen atoms in total. The molecule has 0 amide bonds. The predicted molar refractivity (Wildman–Crippen MR) is 67.5 cm³/mol. The number of esters is 1. The van der Waals surface area contributed by atoms with Gasteiger partial charge < -0.3 is 10.5 Å². The molecule has 0 unspecified atom stereocenters. The molecule has 1 aromatic rings. The third kappa shape index (κ3) is 3.52. The van der Waals surface area contributed by atoms with Crippen molar-refractivity contribution in [2.45, 2.75) is 6.42 Å². The highest BCUT2D eigenvalue weighted by Gasteiger charge is 2.06. The highest BCUT2D eigenvalue weighted by Crippen LogP contribution is 2.12. The topological polar surface area (TPSA) is 52.3 Å². The molecule has 0 fully saturated rings. The van der Waals surface area contributed by atoms with E-state index in [4.69, 9.17) is 5.73 Å². The average molecular weight is 235 g/mol. The van der Waals surface area contributed by atoms with Gasteiger partial charge in [0.05, 0.1) is 12.7 Å². The van der Waals surface area contributed by atoms with E-state index in [0.717, 1.165) is 0 Å². The van der Waals surface area contributed by atoms with Crippen molar-refractivity contribution in [1.82, 2.24) is 0 Å². The number of nitrogens with two attached hydrogens (primary N) is 1. The van der Waals surface area contributed by atoms with Gasteiger partial charge in [0.2, 0.25) is 0 Å². The van der Waals surface area contributed by atoms with E-state index in [9.17, 15) is 4.79 Å². The molecule has 0 heterocycles. The van der Waals surface area contributed by atoms with Gasteiger partial charge in [0, 0.05) is 23.4 Å². The van der Waals surface area contributed by atoms with Crippen molar-refractivity contribution >= 4 is 24.3 Å². The first kappa shape index (κ1) is 12.5. The van der Waals surface area contributed by atoms with Crippen LogP contribution in [0.4, 0.5) is 5.69 Å². The van der Waals surface area contributed by atoms with Crippen LogP contribution in [0.25, 0.3) is 0 Å². The molecule has 0 saturated carbocycles. The number of nitrogen functional groups attached to an aromatic ring is 1. The highest BCUT2D eigenvalue weighted by atomic mass is 32.1. The Morgan fingerprint density at radius 3 is 2.88 bits per heavy atom. The third-order valence-corrected chi connectivity index (χ3v) is 2.07. The molecule has 0 atom stereocenters. The Balaban J connectivity index is 3.00. The van der Waals surface area contributed by atoms with Crippen LogP contribution in [0, 0.1) is 11.8 Å². The van der Waals surface area contributed by atoms with E-state index < -0.39 is 5.97 Å². The van der Waals surface area contributed by atoms with Crippen molar-refractivity contribution in [3.63, 3.8) is 0 Å². The molecule has 4 heteroatoms. The van der Waals surface area contributed by atoms with Gasteiger partial charge in [-0.1, -0.05) is 11.8 Å². The zero-order chi connectivity index (χ0) is 12.0. The van der Waals surface area contributed by atoms with Gasteiger partial charge in [-0.15, -0.1) is 0 Å². The Morgan fingerprint density at radius 2 is 2.25 bits per heavy atom. The first-order chi connectivity index (χ1) is 7.67. The maximum Gasteiger partial charge on any atom is 0.337 e. The molecule has 2 N–H and O–H groups in total. The summed E-state index contributed by atoms with van der Waals surface area (Å²) in [5.74, 6) is 6.14. The summed E-state index contributed by atoms with van der Waals surface area (Å²) in [6.07, 6.45) is 0.700. The lowest BCUT2D eigenvalue weighted by molar-refractivity contribution is 0.0601. The van der Waals surface area contributed by atoms with Crippen LogP contribution < -0.4 is 5.73 Å². The van der Waals surface area contributed by atoms with Crippen molar-refractivity contribution in [2.24, 2.45) is 0 Å². The van der Waals surface area contributed by atoms with Crippen molar-refractivity contribution < 1.29 is 9.53 Å². The molecule has 0 spiro atoms. The fourth-order valence-electron chi connectivity index (χ4n) is 1.18. The molecule has 16 heavy (non-hydrogen) atoms. The Morgan fingerprint density at radius 1 is 1.50 bits per heavy atom. The summed E-state index contributed by atoms with van der Waals surface area (Å²) >= 11 is 4.05. The van der Waals surface area contributed by atoms with Gasteiger partial charge in [-0.05, 0) is 18.2 Å². The number of thiol groups is 1. The normalized spacial score (nSPS) is 9.12. The maximum atomic E-state index is 11.3. The molecule has 1 rings (SSSR count). The molecule has 0 aliphatic heterocycles. The molecule has 0 aliphatic rings. The van der Waals surface area contributed by atoms with Crippen molar-refractivity contribution in [3.8, 4) is 11.8 Å². The number of methoxy groups -OCH3 is 1. The van der Waals surface area contributed by atoms with E-state index in [1.807, 2.05) is 0 Å². The van der Waals surface area contributed by atoms with Crippen LogP contribution in [-0.4, -0.2) is 18.8 Å². The van der Waals surface area contributed by atoms with E-state index in [1.54, 1.807) is 18.2 Å². The van der Waals surface area contributed by atoms with Gasteiger partial charge >= 0.3 is 5.97 Å². The van der Waals surface area contributed by atoms with Crippen LogP contribution in [0.2, 0.25) is 0 Å². The van der Waals surface area contributed by atoms with Crippen LogP contribution in [0.1, 0.15) is 22.3 Å². The van der Waals surface area contributed by atoms with Gasteiger partial charge in [-0.25, -0.2) is 4.79 Å².